The van der Waals surface area contributed by atoms with Crippen LogP contribution in [-0.2, 0) is 0 Å². The Bertz CT molecular complexity index is 199. The molecule has 0 aromatic heterocycles. The first-order chi connectivity index (χ1) is 4.97. The molecule has 0 radical (unpaired) electrons. The number of hydrogen-bond donors (Lipinski definition) is 1. The highest BCUT2D eigenvalue weighted by Gasteiger charge is 2.07. The molecule has 0 fully saturated rings. The minimum atomic E-state index is 1.05. The van der Waals surface area contributed by atoms with E-state index < -0.39 is 0 Å². The molecular formula is C9H11N. The van der Waals surface area contributed by atoms with Gasteiger partial charge < -0.3 is 5.32 Å². The smallest absolute Gasteiger partial charge is 0.0363 e. The van der Waals surface area contributed by atoms with E-state index in [0.29, 0.717) is 0 Å². The molecule has 1 N–H and O–H groups in total. The average Bonchev–Trinajstić information content (AvgIpc) is 2.05. The molecule has 2 rings (SSSR count). The monoisotopic (exact) mass is 133 g/mol. The quantitative estimate of drug-likeness (QED) is 0.531. The van der Waals surface area contributed by atoms with Gasteiger partial charge in [-0.15, -0.1) is 0 Å². The first-order valence-corrected chi connectivity index (χ1v) is 3.75. The third kappa shape index (κ3) is 0.878. The molecule has 1 heterocycles. The topological polar surface area (TPSA) is 12.0 Å². The summed E-state index contributed by atoms with van der Waals surface area (Å²) in [5.74, 6) is 0. The second kappa shape index (κ2) is 2.33. The summed E-state index contributed by atoms with van der Waals surface area (Å²) < 4.78 is 0. The Morgan fingerprint density at radius 1 is 1.30 bits per heavy atom. The van der Waals surface area contributed by atoms with Crippen LogP contribution in [0.2, 0.25) is 0 Å². The van der Waals surface area contributed by atoms with Gasteiger partial charge in [-0.05, 0) is 36.3 Å². The summed E-state index contributed by atoms with van der Waals surface area (Å²) in [5, 5.41) is 3.21. The minimum Gasteiger partial charge on any atom is -0.387 e. The lowest BCUT2D eigenvalue weighted by Gasteiger charge is -2.17. The molecule has 0 atom stereocenters. The third-order valence-corrected chi connectivity index (χ3v) is 2.01. The third-order valence-electron chi connectivity index (χ3n) is 2.01. The van der Waals surface area contributed by atoms with Crippen LogP contribution >= 0.6 is 0 Å². The van der Waals surface area contributed by atoms with E-state index in [2.05, 4.69) is 23.5 Å². The number of nitrogens with one attached hydrogen (secondary N) is 1. The molecule has 10 heavy (non-hydrogen) atoms. The van der Waals surface area contributed by atoms with Crippen molar-refractivity contribution in [2.75, 3.05) is 6.54 Å². The number of allylic oxidation sites excluding steroid dienone is 4. The van der Waals surface area contributed by atoms with E-state index >= 15 is 0 Å². The van der Waals surface area contributed by atoms with Crippen LogP contribution in [0.5, 0.6) is 0 Å². The fourth-order valence-electron chi connectivity index (χ4n) is 1.42. The maximum atomic E-state index is 3.21. The number of hydrogen-bond acceptors (Lipinski definition) is 1. The minimum absolute atomic E-state index is 1.05. The van der Waals surface area contributed by atoms with Crippen molar-refractivity contribution in [3.63, 3.8) is 0 Å². The maximum Gasteiger partial charge on any atom is 0.0363 e. The highest BCUT2D eigenvalue weighted by molar-refractivity contribution is 5.40. The summed E-state index contributed by atoms with van der Waals surface area (Å²) >= 11 is 0. The van der Waals surface area contributed by atoms with Crippen LogP contribution in [0.25, 0.3) is 0 Å². The molecule has 1 aliphatic carbocycles. The summed E-state index contributed by atoms with van der Waals surface area (Å²) in [6, 6.07) is 0. The van der Waals surface area contributed by atoms with E-state index in [-0.39, 0.29) is 0 Å². The van der Waals surface area contributed by atoms with E-state index in [1.54, 1.807) is 5.57 Å². The van der Waals surface area contributed by atoms with Crippen molar-refractivity contribution in [2.45, 2.75) is 12.8 Å². The van der Waals surface area contributed by atoms with Crippen molar-refractivity contribution < 1.29 is 0 Å². The van der Waals surface area contributed by atoms with E-state index in [0.717, 1.165) is 6.54 Å². The van der Waals surface area contributed by atoms with Gasteiger partial charge in [-0.25, -0.2) is 0 Å². The lowest BCUT2D eigenvalue weighted by atomic mass is 9.96. The predicted molar refractivity (Wildman–Crippen MR) is 42.5 cm³/mol. The zero-order valence-electron chi connectivity index (χ0n) is 5.93. The molecule has 0 saturated carbocycles. The summed E-state index contributed by atoms with van der Waals surface area (Å²) in [7, 11) is 0. The van der Waals surface area contributed by atoms with E-state index in [1.165, 1.54) is 18.4 Å². The van der Waals surface area contributed by atoms with Crippen LogP contribution in [-0.4, -0.2) is 6.54 Å². The highest BCUT2D eigenvalue weighted by atomic mass is 14.8. The fraction of sp³-hybridized carbons (Fsp3) is 0.333. The summed E-state index contributed by atoms with van der Waals surface area (Å²) in [5.41, 5.74) is 2.98. The van der Waals surface area contributed by atoms with Crippen molar-refractivity contribution in [2.24, 2.45) is 0 Å². The highest BCUT2D eigenvalue weighted by Crippen LogP contribution is 2.20. The Balaban J connectivity index is 2.32. The van der Waals surface area contributed by atoms with Crippen LogP contribution in [0.15, 0.2) is 35.6 Å². The molecule has 1 aliphatic heterocycles. The predicted octanol–water partition coefficient (Wildman–Crippen LogP) is 1.75. The molecule has 0 bridgehead atoms. The van der Waals surface area contributed by atoms with Gasteiger partial charge in [-0.2, -0.15) is 0 Å². The van der Waals surface area contributed by atoms with Crippen LogP contribution in [0.3, 0.4) is 0 Å². The Hall–Kier alpha value is -0.980. The molecule has 52 valence electrons. The average molecular weight is 133 g/mol. The first-order valence-electron chi connectivity index (χ1n) is 3.75. The summed E-state index contributed by atoms with van der Waals surface area (Å²) in [4.78, 5) is 0. The van der Waals surface area contributed by atoms with Crippen molar-refractivity contribution >= 4 is 0 Å². The molecule has 1 heteroatoms. The van der Waals surface area contributed by atoms with Crippen molar-refractivity contribution in [3.8, 4) is 0 Å². The number of dihydropyridines is 1. The van der Waals surface area contributed by atoms with Gasteiger partial charge in [-0.3, -0.25) is 0 Å². The summed E-state index contributed by atoms with van der Waals surface area (Å²) in [6.07, 6.45) is 11.1. The lowest BCUT2D eigenvalue weighted by molar-refractivity contribution is 0.821. The summed E-state index contributed by atoms with van der Waals surface area (Å²) in [6.45, 7) is 1.05. The molecule has 2 aliphatic rings. The Morgan fingerprint density at radius 3 is 3.20 bits per heavy atom. The Morgan fingerprint density at radius 2 is 2.30 bits per heavy atom. The normalized spacial score (nSPS) is 22.4. The van der Waals surface area contributed by atoms with Crippen LogP contribution in [0, 0.1) is 0 Å². The zero-order valence-corrected chi connectivity index (χ0v) is 5.93. The molecule has 0 aromatic rings. The molecule has 0 saturated heterocycles. The van der Waals surface area contributed by atoms with Gasteiger partial charge in [-0.1, -0.05) is 12.2 Å². The number of rotatable bonds is 0. The van der Waals surface area contributed by atoms with Gasteiger partial charge in [0, 0.05) is 6.54 Å². The Labute approximate surface area is 61.1 Å². The van der Waals surface area contributed by atoms with Crippen molar-refractivity contribution in [3.05, 3.63) is 35.6 Å². The molecule has 1 nitrogen and oxygen atoms in total. The molecular weight excluding hydrogens is 122 g/mol. The lowest BCUT2D eigenvalue weighted by Crippen LogP contribution is -2.15. The van der Waals surface area contributed by atoms with E-state index in [4.69, 9.17) is 0 Å². The Kier molecular flexibility index (Phi) is 1.35. The van der Waals surface area contributed by atoms with Gasteiger partial charge in [0.1, 0.15) is 0 Å². The van der Waals surface area contributed by atoms with Crippen molar-refractivity contribution in [1.82, 2.24) is 5.32 Å². The second-order valence-corrected chi connectivity index (χ2v) is 2.71. The molecule has 0 amide bonds. The standard InChI is InChI=1S/C9H11N/c1-2-4-9-7-10-6-5-8(9)3-1/h1,3,5-6,10H,2,4,7H2. The van der Waals surface area contributed by atoms with Gasteiger partial charge in [0.15, 0.2) is 0 Å². The zero-order chi connectivity index (χ0) is 6.81. The molecule has 0 aromatic carbocycles. The van der Waals surface area contributed by atoms with Gasteiger partial charge in [0.05, 0.1) is 0 Å². The maximum absolute atomic E-state index is 3.21. The largest absolute Gasteiger partial charge is 0.387 e. The van der Waals surface area contributed by atoms with Gasteiger partial charge >= 0.3 is 0 Å². The van der Waals surface area contributed by atoms with Crippen LogP contribution < -0.4 is 5.32 Å². The van der Waals surface area contributed by atoms with Gasteiger partial charge in [0.25, 0.3) is 0 Å². The van der Waals surface area contributed by atoms with E-state index in [9.17, 15) is 0 Å². The van der Waals surface area contributed by atoms with Crippen LogP contribution in [0.1, 0.15) is 12.8 Å². The van der Waals surface area contributed by atoms with Gasteiger partial charge in [0.2, 0.25) is 0 Å². The molecule has 0 spiro atoms. The SMILES string of the molecule is C1=CC2=C(CC1)CNC=C2. The van der Waals surface area contributed by atoms with E-state index in [1.807, 2.05) is 6.20 Å². The van der Waals surface area contributed by atoms with Crippen LogP contribution in [0.4, 0.5) is 0 Å². The van der Waals surface area contributed by atoms with Crippen molar-refractivity contribution in [1.29, 1.82) is 0 Å². The second-order valence-electron chi connectivity index (χ2n) is 2.71. The molecule has 0 unspecified atom stereocenters. The first kappa shape index (κ1) is 5.78. The fourth-order valence-corrected chi connectivity index (χ4v) is 1.42.